The normalized spacial score (nSPS) is 10.8. The number of halogens is 1. The summed E-state index contributed by atoms with van der Waals surface area (Å²) >= 11 is 3.30. The number of Topliss-reactive ketones (excluding diaryl/α,β-unsaturated/α-hetero) is 1. The summed E-state index contributed by atoms with van der Waals surface area (Å²) in [6.45, 7) is 0.101. The number of hydrogen-bond donors (Lipinski definition) is 0. The van der Waals surface area contributed by atoms with Crippen molar-refractivity contribution in [3.63, 3.8) is 0 Å². The van der Waals surface area contributed by atoms with Gasteiger partial charge in [0.25, 0.3) is 0 Å². The summed E-state index contributed by atoms with van der Waals surface area (Å²) in [5.74, 6) is -0.870. The molecule has 0 bridgehead atoms. The van der Waals surface area contributed by atoms with E-state index in [-0.39, 0.29) is 24.6 Å². The molecule has 130 valence electrons. The molecule has 2 aromatic rings. The van der Waals surface area contributed by atoms with Crippen LogP contribution < -0.4 is 0 Å². The summed E-state index contributed by atoms with van der Waals surface area (Å²) < 4.78 is 10.7. The van der Waals surface area contributed by atoms with Crippen LogP contribution in [0.1, 0.15) is 29.0 Å². The van der Waals surface area contributed by atoms with Crippen LogP contribution in [-0.2, 0) is 9.53 Å². The minimum Gasteiger partial charge on any atom is -0.463 e. The molecule has 0 aliphatic carbocycles. The standard InChI is InChI=1S/C17H14BrNO6/c18-13-5-3-12(4-6-13)15(20)2-1-11-24-17(21)10-8-14-7-9-16(25-14)19(22)23/h3-10H,1-2,11H2/b10-8+. The van der Waals surface area contributed by atoms with E-state index in [1.54, 1.807) is 24.3 Å². The zero-order chi connectivity index (χ0) is 18.2. The Balaban J connectivity index is 1.71. The van der Waals surface area contributed by atoms with E-state index in [1.807, 2.05) is 0 Å². The van der Waals surface area contributed by atoms with Crippen molar-refractivity contribution < 1.29 is 23.7 Å². The van der Waals surface area contributed by atoms with Gasteiger partial charge < -0.3 is 9.15 Å². The molecule has 0 aliphatic rings. The van der Waals surface area contributed by atoms with Gasteiger partial charge in [-0.1, -0.05) is 28.1 Å². The van der Waals surface area contributed by atoms with Crippen LogP contribution in [0.25, 0.3) is 6.08 Å². The Morgan fingerprint density at radius 2 is 1.92 bits per heavy atom. The molecule has 7 nitrogen and oxygen atoms in total. The van der Waals surface area contributed by atoms with Gasteiger partial charge in [-0.05, 0) is 30.7 Å². The van der Waals surface area contributed by atoms with E-state index in [0.717, 1.165) is 10.5 Å². The smallest absolute Gasteiger partial charge is 0.433 e. The molecule has 1 aromatic heterocycles. The average molecular weight is 408 g/mol. The molecule has 0 aliphatic heterocycles. The molecule has 8 heteroatoms. The Morgan fingerprint density at radius 1 is 1.20 bits per heavy atom. The molecule has 0 unspecified atom stereocenters. The third-order valence-corrected chi connectivity index (χ3v) is 3.66. The number of ketones is 1. The molecule has 1 aromatic carbocycles. The van der Waals surface area contributed by atoms with E-state index in [4.69, 9.17) is 9.15 Å². The lowest BCUT2D eigenvalue weighted by atomic mass is 10.1. The minimum absolute atomic E-state index is 0.0259. The number of benzene rings is 1. The zero-order valence-electron chi connectivity index (χ0n) is 13.0. The Bertz CT molecular complexity index is 794. The molecule has 0 saturated carbocycles. The summed E-state index contributed by atoms with van der Waals surface area (Å²) in [5, 5.41) is 10.5. The molecule has 0 spiro atoms. The first-order valence-corrected chi connectivity index (χ1v) is 8.13. The second-order valence-electron chi connectivity index (χ2n) is 4.97. The van der Waals surface area contributed by atoms with Gasteiger partial charge in [0.15, 0.2) is 5.78 Å². The Labute approximate surface area is 151 Å². The van der Waals surface area contributed by atoms with Crippen molar-refractivity contribution in [3.05, 3.63) is 68.4 Å². The van der Waals surface area contributed by atoms with Crippen LogP contribution in [0.3, 0.4) is 0 Å². The van der Waals surface area contributed by atoms with Gasteiger partial charge in [0.2, 0.25) is 0 Å². The first kappa shape index (κ1) is 18.6. The van der Waals surface area contributed by atoms with Crippen molar-refractivity contribution in [3.8, 4) is 0 Å². The lowest BCUT2D eigenvalue weighted by molar-refractivity contribution is -0.402. The van der Waals surface area contributed by atoms with Crippen LogP contribution in [0.15, 0.2) is 51.4 Å². The Kier molecular flexibility index (Phi) is 6.64. The van der Waals surface area contributed by atoms with Gasteiger partial charge in [0, 0.05) is 22.5 Å². The predicted octanol–water partition coefficient (Wildman–Crippen LogP) is 4.17. The Hall–Kier alpha value is -2.74. The summed E-state index contributed by atoms with van der Waals surface area (Å²) in [4.78, 5) is 33.3. The third kappa shape index (κ3) is 6.00. The molecule has 0 N–H and O–H groups in total. The van der Waals surface area contributed by atoms with Crippen molar-refractivity contribution in [2.24, 2.45) is 0 Å². The number of nitro groups is 1. The molecule has 1 heterocycles. The van der Waals surface area contributed by atoms with E-state index in [1.165, 1.54) is 18.2 Å². The van der Waals surface area contributed by atoms with Crippen molar-refractivity contribution >= 4 is 39.6 Å². The van der Waals surface area contributed by atoms with Crippen LogP contribution in [0.5, 0.6) is 0 Å². The fraction of sp³-hybridized carbons (Fsp3) is 0.176. The van der Waals surface area contributed by atoms with Gasteiger partial charge in [-0.2, -0.15) is 0 Å². The van der Waals surface area contributed by atoms with Crippen molar-refractivity contribution in [1.82, 2.24) is 0 Å². The van der Waals surface area contributed by atoms with Crippen molar-refractivity contribution in [1.29, 1.82) is 0 Å². The monoisotopic (exact) mass is 407 g/mol. The van der Waals surface area contributed by atoms with Gasteiger partial charge >= 0.3 is 11.9 Å². The lowest BCUT2D eigenvalue weighted by Gasteiger charge is -2.02. The highest BCUT2D eigenvalue weighted by molar-refractivity contribution is 9.10. The van der Waals surface area contributed by atoms with Crippen LogP contribution >= 0.6 is 15.9 Å². The third-order valence-electron chi connectivity index (χ3n) is 3.13. The van der Waals surface area contributed by atoms with Crippen LogP contribution in [-0.4, -0.2) is 23.3 Å². The predicted molar refractivity (Wildman–Crippen MR) is 93.1 cm³/mol. The van der Waals surface area contributed by atoms with Crippen LogP contribution in [0.4, 0.5) is 5.88 Å². The summed E-state index contributed by atoms with van der Waals surface area (Å²) in [6.07, 6.45) is 3.06. The molecular formula is C17H14BrNO6. The maximum absolute atomic E-state index is 11.9. The number of hydrogen-bond acceptors (Lipinski definition) is 6. The number of furan rings is 1. The molecule has 0 fully saturated rings. The maximum atomic E-state index is 11.9. The molecular weight excluding hydrogens is 394 g/mol. The largest absolute Gasteiger partial charge is 0.463 e. The summed E-state index contributed by atoms with van der Waals surface area (Å²) in [6, 6.07) is 9.60. The maximum Gasteiger partial charge on any atom is 0.433 e. The van der Waals surface area contributed by atoms with Gasteiger partial charge in [-0.25, -0.2) is 4.79 Å². The first-order valence-electron chi connectivity index (χ1n) is 7.33. The van der Waals surface area contributed by atoms with Gasteiger partial charge in [0.05, 0.1) is 12.7 Å². The zero-order valence-corrected chi connectivity index (χ0v) is 14.6. The number of carbonyl (C=O) groups is 2. The molecule has 0 amide bonds. The van der Waals surface area contributed by atoms with Gasteiger partial charge in [-0.15, -0.1) is 0 Å². The highest BCUT2D eigenvalue weighted by atomic mass is 79.9. The lowest BCUT2D eigenvalue weighted by Crippen LogP contribution is -2.05. The topological polar surface area (TPSA) is 99.7 Å². The number of nitrogens with zero attached hydrogens (tertiary/aromatic N) is 1. The minimum atomic E-state index is -0.669. The van der Waals surface area contributed by atoms with E-state index in [2.05, 4.69) is 15.9 Å². The molecule has 0 saturated heterocycles. The quantitative estimate of drug-likeness (QED) is 0.162. The Morgan fingerprint density at radius 3 is 2.56 bits per heavy atom. The second kappa shape index (κ2) is 8.93. The molecule has 0 atom stereocenters. The SMILES string of the molecule is O=C(/C=C/c1ccc([N+](=O)[O-])o1)OCCCC(=O)c1ccc(Br)cc1. The number of esters is 1. The van der Waals surface area contributed by atoms with E-state index >= 15 is 0 Å². The van der Waals surface area contributed by atoms with Gasteiger partial charge in [0.1, 0.15) is 10.7 Å². The fourth-order valence-electron chi connectivity index (χ4n) is 1.91. The van der Waals surface area contributed by atoms with Gasteiger partial charge in [-0.3, -0.25) is 14.9 Å². The summed E-state index contributed by atoms with van der Waals surface area (Å²) in [7, 11) is 0. The summed E-state index contributed by atoms with van der Waals surface area (Å²) in [5.41, 5.74) is 0.605. The fourth-order valence-corrected chi connectivity index (χ4v) is 2.18. The number of ether oxygens (including phenoxy) is 1. The second-order valence-corrected chi connectivity index (χ2v) is 5.88. The van der Waals surface area contributed by atoms with Crippen molar-refractivity contribution in [2.75, 3.05) is 6.61 Å². The molecule has 0 radical (unpaired) electrons. The number of carbonyl (C=O) groups excluding carboxylic acids is 2. The van der Waals surface area contributed by atoms with Crippen LogP contribution in [0.2, 0.25) is 0 Å². The van der Waals surface area contributed by atoms with E-state index in [0.29, 0.717) is 12.0 Å². The van der Waals surface area contributed by atoms with Crippen molar-refractivity contribution in [2.45, 2.75) is 12.8 Å². The molecule has 25 heavy (non-hydrogen) atoms. The number of rotatable bonds is 8. The first-order chi connectivity index (χ1) is 12.0. The highest BCUT2D eigenvalue weighted by Crippen LogP contribution is 2.16. The average Bonchev–Trinajstić information content (AvgIpc) is 3.06. The molecule has 2 rings (SSSR count). The van der Waals surface area contributed by atoms with E-state index < -0.39 is 16.8 Å². The van der Waals surface area contributed by atoms with E-state index in [9.17, 15) is 19.7 Å². The highest BCUT2D eigenvalue weighted by Gasteiger charge is 2.10. The van der Waals surface area contributed by atoms with Crippen LogP contribution in [0, 0.1) is 10.1 Å².